The zero-order chi connectivity index (χ0) is 15.2. The lowest BCUT2D eigenvalue weighted by atomic mass is 10.1. The number of benzene rings is 1. The molecule has 0 aliphatic rings. The van der Waals surface area contributed by atoms with Gasteiger partial charge < -0.3 is 15.0 Å². The van der Waals surface area contributed by atoms with Crippen LogP contribution in [0.25, 0.3) is 0 Å². The lowest BCUT2D eigenvalue weighted by Crippen LogP contribution is -2.26. The minimum atomic E-state index is -0.348. The van der Waals surface area contributed by atoms with Crippen LogP contribution >= 0.6 is 0 Å². The van der Waals surface area contributed by atoms with E-state index in [0.717, 1.165) is 11.3 Å². The predicted octanol–water partition coefficient (Wildman–Crippen LogP) is 1.12. The molecule has 2 aromatic rings. The number of methoxy groups -OCH3 is 1. The fourth-order valence-corrected chi connectivity index (χ4v) is 1.90. The van der Waals surface area contributed by atoms with Gasteiger partial charge in [-0.3, -0.25) is 9.59 Å². The standard InChI is InChI=1S/C15H17N3O3/c1-3-16-15(20)12-9-14(19)18-13(17-12)8-10-4-6-11(21-2)7-5-10/h4-7,9H,3,8H2,1-2H3,(H,16,20)(H,17,18,19). The second-order valence-electron chi connectivity index (χ2n) is 4.46. The molecule has 6 heteroatoms. The highest BCUT2D eigenvalue weighted by molar-refractivity contribution is 5.92. The Kier molecular flexibility index (Phi) is 4.71. The molecule has 0 spiro atoms. The van der Waals surface area contributed by atoms with Gasteiger partial charge >= 0.3 is 0 Å². The van der Waals surface area contributed by atoms with E-state index in [-0.39, 0.29) is 17.2 Å². The normalized spacial score (nSPS) is 10.2. The molecule has 6 nitrogen and oxygen atoms in total. The number of carbonyl (C=O) groups is 1. The first-order chi connectivity index (χ1) is 10.1. The van der Waals surface area contributed by atoms with Gasteiger partial charge in [0.25, 0.3) is 11.5 Å². The molecule has 0 atom stereocenters. The summed E-state index contributed by atoms with van der Waals surface area (Å²) in [6.45, 7) is 2.30. The van der Waals surface area contributed by atoms with Gasteiger partial charge in [0.2, 0.25) is 0 Å². The number of ether oxygens (including phenoxy) is 1. The van der Waals surface area contributed by atoms with Gasteiger partial charge in [0.05, 0.1) is 7.11 Å². The first kappa shape index (κ1) is 14.8. The van der Waals surface area contributed by atoms with Crippen molar-refractivity contribution in [3.63, 3.8) is 0 Å². The van der Waals surface area contributed by atoms with Crippen LogP contribution in [0.5, 0.6) is 5.75 Å². The Morgan fingerprint density at radius 3 is 2.67 bits per heavy atom. The van der Waals surface area contributed by atoms with Crippen LogP contribution in [0.2, 0.25) is 0 Å². The van der Waals surface area contributed by atoms with Crippen molar-refractivity contribution in [3.8, 4) is 5.75 Å². The minimum absolute atomic E-state index is 0.129. The van der Waals surface area contributed by atoms with Crippen LogP contribution in [0.4, 0.5) is 0 Å². The van der Waals surface area contributed by atoms with Gasteiger partial charge in [-0.05, 0) is 24.6 Å². The van der Waals surface area contributed by atoms with E-state index in [1.165, 1.54) is 6.07 Å². The highest BCUT2D eigenvalue weighted by Crippen LogP contribution is 2.13. The maximum Gasteiger partial charge on any atom is 0.270 e. The minimum Gasteiger partial charge on any atom is -0.497 e. The second-order valence-corrected chi connectivity index (χ2v) is 4.46. The Labute approximate surface area is 122 Å². The summed E-state index contributed by atoms with van der Waals surface area (Å²) in [5, 5.41) is 2.62. The molecule has 21 heavy (non-hydrogen) atoms. The SMILES string of the molecule is CCNC(=O)c1cc(=O)[nH]c(Cc2ccc(OC)cc2)n1. The van der Waals surface area contributed by atoms with Gasteiger partial charge in [-0.25, -0.2) is 4.98 Å². The van der Waals surface area contributed by atoms with Crippen molar-refractivity contribution in [2.45, 2.75) is 13.3 Å². The number of H-pyrrole nitrogens is 1. The fraction of sp³-hybridized carbons (Fsp3) is 0.267. The summed E-state index contributed by atoms with van der Waals surface area (Å²) in [6.07, 6.45) is 0.437. The molecule has 0 fully saturated rings. The molecule has 2 N–H and O–H groups in total. The summed E-state index contributed by atoms with van der Waals surface area (Å²) < 4.78 is 5.09. The number of nitrogens with zero attached hydrogens (tertiary/aromatic N) is 1. The van der Waals surface area contributed by atoms with Crippen LogP contribution in [0.1, 0.15) is 28.8 Å². The largest absolute Gasteiger partial charge is 0.497 e. The predicted molar refractivity (Wildman–Crippen MR) is 78.7 cm³/mol. The number of nitrogens with one attached hydrogen (secondary N) is 2. The molecular weight excluding hydrogens is 270 g/mol. The van der Waals surface area contributed by atoms with E-state index in [1.54, 1.807) is 7.11 Å². The van der Waals surface area contributed by atoms with E-state index in [0.29, 0.717) is 18.8 Å². The lowest BCUT2D eigenvalue weighted by molar-refractivity contribution is 0.0950. The van der Waals surface area contributed by atoms with Crippen molar-refractivity contribution in [2.24, 2.45) is 0 Å². The van der Waals surface area contributed by atoms with Gasteiger partial charge in [-0.2, -0.15) is 0 Å². The maximum atomic E-state index is 11.7. The Morgan fingerprint density at radius 1 is 1.33 bits per heavy atom. The highest BCUT2D eigenvalue weighted by Gasteiger charge is 2.09. The van der Waals surface area contributed by atoms with Crippen LogP contribution in [-0.2, 0) is 6.42 Å². The Morgan fingerprint density at radius 2 is 2.05 bits per heavy atom. The molecule has 0 bridgehead atoms. The molecule has 0 aliphatic heterocycles. The summed E-state index contributed by atoms with van der Waals surface area (Å²) in [5.74, 6) is 0.866. The molecule has 0 saturated carbocycles. The molecule has 0 aliphatic carbocycles. The quantitative estimate of drug-likeness (QED) is 0.863. The lowest BCUT2D eigenvalue weighted by Gasteiger charge is -2.05. The van der Waals surface area contributed by atoms with Crippen LogP contribution < -0.4 is 15.6 Å². The number of rotatable bonds is 5. The third-order valence-corrected chi connectivity index (χ3v) is 2.89. The van der Waals surface area contributed by atoms with E-state index >= 15 is 0 Å². The van der Waals surface area contributed by atoms with Crippen molar-refractivity contribution in [1.29, 1.82) is 0 Å². The molecule has 1 amide bonds. The average Bonchev–Trinajstić information content (AvgIpc) is 2.47. The third-order valence-electron chi connectivity index (χ3n) is 2.89. The average molecular weight is 287 g/mol. The molecule has 1 heterocycles. The second kappa shape index (κ2) is 6.69. The van der Waals surface area contributed by atoms with Gasteiger partial charge in [0.15, 0.2) is 0 Å². The maximum absolute atomic E-state index is 11.7. The van der Waals surface area contributed by atoms with Gasteiger partial charge in [0, 0.05) is 19.0 Å². The molecule has 110 valence electrons. The van der Waals surface area contributed by atoms with E-state index in [9.17, 15) is 9.59 Å². The van der Waals surface area contributed by atoms with Crippen LogP contribution in [0, 0.1) is 0 Å². The number of aromatic amines is 1. The summed E-state index contributed by atoms with van der Waals surface area (Å²) in [5.41, 5.74) is 0.755. The Hall–Kier alpha value is -2.63. The molecule has 2 rings (SSSR count). The van der Waals surface area contributed by atoms with Crippen LogP contribution in [-0.4, -0.2) is 29.5 Å². The molecule has 1 aromatic heterocycles. The fourth-order valence-electron chi connectivity index (χ4n) is 1.90. The molecule has 1 aromatic carbocycles. The topological polar surface area (TPSA) is 84.1 Å². The Balaban J connectivity index is 2.23. The van der Waals surface area contributed by atoms with E-state index in [4.69, 9.17) is 4.74 Å². The van der Waals surface area contributed by atoms with Crippen molar-refractivity contribution in [2.75, 3.05) is 13.7 Å². The zero-order valence-electron chi connectivity index (χ0n) is 12.0. The first-order valence-corrected chi connectivity index (χ1v) is 6.63. The van der Waals surface area contributed by atoms with Gasteiger partial charge in [-0.15, -0.1) is 0 Å². The number of carbonyl (C=O) groups excluding carboxylic acids is 1. The van der Waals surface area contributed by atoms with Crippen molar-refractivity contribution < 1.29 is 9.53 Å². The summed E-state index contributed by atoms with van der Waals surface area (Å²) in [6, 6.07) is 8.64. The van der Waals surface area contributed by atoms with Crippen molar-refractivity contribution >= 4 is 5.91 Å². The van der Waals surface area contributed by atoms with Crippen LogP contribution in [0.3, 0.4) is 0 Å². The molecule has 0 unspecified atom stereocenters. The van der Waals surface area contributed by atoms with Gasteiger partial charge in [0.1, 0.15) is 17.3 Å². The number of amides is 1. The summed E-state index contributed by atoms with van der Waals surface area (Å²) >= 11 is 0. The highest BCUT2D eigenvalue weighted by atomic mass is 16.5. The van der Waals surface area contributed by atoms with E-state index < -0.39 is 0 Å². The monoisotopic (exact) mass is 287 g/mol. The molecule has 0 saturated heterocycles. The number of aromatic nitrogens is 2. The zero-order valence-corrected chi connectivity index (χ0v) is 12.0. The molecular formula is C15H17N3O3. The summed E-state index contributed by atoms with van der Waals surface area (Å²) in [4.78, 5) is 30.2. The first-order valence-electron chi connectivity index (χ1n) is 6.63. The Bertz CT molecular complexity index is 677. The van der Waals surface area contributed by atoms with E-state index in [1.807, 2.05) is 31.2 Å². The van der Waals surface area contributed by atoms with E-state index in [2.05, 4.69) is 15.3 Å². The number of hydrogen-bond acceptors (Lipinski definition) is 4. The van der Waals surface area contributed by atoms with Crippen molar-refractivity contribution in [3.05, 3.63) is 57.8 Å². The number of hydrogen-bond donors (Lipinski definition) is 2. The smallest absolute Gasteiger partial charge is 0.270 e. The summed E-state index contributed by atoms with van der Waals surface area (Å²) in [7, 11) is 1.60. The van der Waals surface area contributed by atoms with Gasteiger partial charge in [-0.1, -0.05) is 12.1 Å². The molecule has 0 radical (unpaired) electrons. The van der Waals surface area contributed by atoms with Crippen LogP contribution in [0.15, 0.2) is 35.1 Å². The third kappa shape index (κ3) is 3.92. The van der Waals surface area contributed by atoms with Crippen molar-refractivity contribution in [1.82, 2.24) is 15.3 Å².